The Hall–Kier alpha value is -3.09. The first-order valence-corrected chi connectivity index (χ1v) is 13.4. The van der Waals surface area contributed by atoms with Crippen LogP contribution in [0.2, 0.25) is 0 Å². The molecule has 0 radical (unpaired) electrons. The van der Waals surface area contributed by atoms with E-state index in [1.807, 2.05) is 0 Å². The number of thiazole rings is 1. The van der Waals surface area contributed by atoms with Gasteiger partial charge in [-0.25, -0.2) is 31.8 Å². The summed E-state index contributed by atoms with van der Waals surface area (Å²) in [6.07, 6.45) is 2.25. The molecule has 12 heteroatoms. The number of anilines is 3. The lowest BCUT2D eigenvalue weighted by atomic mass is 10.2. The van der Waals surface area contributed by atoms with E-state index in [9.17, 15) is 16.8 Å². The van der Waals surface area contributed by atoms with Gasteiger partial charge in [0.15, 0.2) is 41.3 Å². The predicted molar refractivity (Wildman–Crippen MR) is 121 cm³/mol. The molecule has 4 rings (SSSR count). The molecular formula is C19H17N5O4S3. The first kappa shape index (κ1) is 21.2. The van der Waals surface area contributed by atoms with Crippen LogP contribution in [0.25, 0.3) is 21.7 Å². The van der Waals surface area contributed by atoms with Crippen molar-refractivity contribution in [3.05, 3.63) is 48.5 Å². The van der Waals surface area contributed by atoms with E-state index in [0.717, 1.165) is 23.8 Å². The number of hydrogen-bond donors (Lipinski definition) is 2. The summed E-state index contributed by atoms with van der Waals surface area (Å²) in [7, 11) is -6.84. The van der Waals surface area contributed by atoms with Gasteiger partial charge >= 0.3 is 0 Å². The maximum atomic E-state index is 12.2. The van der Waals surface area contributed by atoms with Crippen LogP contribution in [0.15, 0.2) is 58.3 Å². The number of sulfone groups is 2. The van der Waals surface area contributed by atoms with Gasteiger partial charge in [-0.15, -0.1) is 0 Å². The Balaban J connectivity index is 1.85. The van der Waals surface area contributed by atoms with Crippen LogP contribution in [0.5, 0.6) is 0 Å². The van der Waals surface area contributed by atoms with E-state index >= 15 is 0 Å². The normalized spacial score (nSPS) is 12.2. The molecule has 0 atom stereocenters. The maximum Gasteiger partial charge on any atom is 0.182 e. The molecule has 0 aliphatic heterocycles. The first-order valence-electron chi connectivity index (χ1n) is 8.83. The van der Waals surface area contributed by atoms with Gasteiger partial charge in [-0.1, -0.05) is 23.5 Å². The Morgan fingerprint density at radius 2 is 1.55 bits per heavy atom. The Morgan fingerprint density at radius 1 is 0.871 bits per heavy atom. The fourth-order valence-corrected chi connectivity index (χ4v) is 5.16. The predicted octanol–water partition coefficient (Wildman–Crippen LogP) is 2.89. The van der Waals surface area contributed by atoms with E-state index in [4.69, 9.17) is 5.73 Å². The molecule has 2 aromatic heterocycles. The molecule has 9 nitrogen and oxygen atoms in total. The SMILES string of the molecule is CS(=O)(=O)c1ccc(Nc2nc(-c3ccccc3S(C)(=O)=O)nc3sc(N)nc23)cc1. The summed E-state index contributed by atoms with van der Waals surface area (Å²) in [6.45, 7) is 0. The third kappa shape index (κ3) is 4.36. The molecular weight excluding hydrogens is 458 g/mol. The van der Waals surface area contributed by atoms with Crippen molar-refractivity contribution in [2.24, 2.45) is 0 Å². The molecule has 4 aromatic rings. The molecule has 3 N–H and O–H groups in total. The number of nitrogen functional groups attached to an aromatic ring is 1. The average Bonchev–Trinajstić information content (AvgIpc) is 3.07. The molecule has 0 saturated heterocycles. The summed E-state index contributed by atoms with van der Waals surface area (Å²) in [5.74, 6) is 0.524. The van der Waals surface area contributed by atoms with Crippen LogP contribution >= 0.6 is 11.3 Å². The van der Waals surface area contributed by atoms with Crippen LogP contribution in [-0.2, 0) is 19.7 Å². The van der Waals surface area contributed by atoms with Crippen LogP contribution in [-0.4, -0.2) is 44.3 Å². The van der Waals surface area contributed by atoms with E-state index in [1.165, 1.54) is 18.2 Å². The molecule has 0 unspecified atom stereocenters. The third-order valence-corrected chi connectivity index (χ3v) is 7.41. The highest BCUT2D eigenvalue weighted by atomic mass is 32.2. The zero-order valence-corrected chi connectivity index (χ0v) is 18.8. The summed E-state index contributed by atoms with van der Waals surface area (Å²) >= 11 is 1.15. The molecule has 160 valence electrons. The highest BCUT2D eigenvalue weighted by Crippen LogP contribution is 2.33. The molecule has 0 fully saturated rings. The Bertz CT molecular complexity index is 1510. The molecule has 2 aromatic carbocycles. The molecule has 0 bridgehead atoms. The zero-order valence-electron chi connectivity index (χ0n) is 16.4. The number of nitrogens with zero attached hydrogens (tertiary/aromatic N) is 3. The van der Waals surface area contributed by atoms with E-state index in [2.05, 4.69) is 20.3 Å². The lowest BCUT2D eigenvalue weighted by molar-refractivity contribution is 0.600. The quantitative estimate of drug-likeness (QED) is 0.445. The molecule has 31 heavy (non-hydrogen) atoms. The lowest BCUT2D eigenvalue weighted by Gasteiger charge is -2.11. The first-order chi connectivity index (χ1) is 14.5. The van der Waals surface area contributed by atoms with Gasteiger partial charge in [-0.3, -0.25) is 0 Å². The van der Waals surface area contributed by atoms with Gasteiger partial charge in [0, 0.05) is 23.8 Å². The summed E-state index contributed by atoms with van der Waals surface area (Å²) in [4.78, 5) is 14.0. The van der Waals surface area contributed by atoms with E-state index < -0.39 is 19.7 Å². The van der Waals surface area contributed by atoms with Gasteiger partial charge in [0.05, 0.1) is 9.79 Å². The van der Waals surface area contributed by atoms with Crippen LogP contribution in [0.1, 0.15) is 0 Å². The second-order valence-electron chi connectivity index (χ2n) is 6.79. The minimum absolute atomic E-state index is 0.107. The van der Waals surface area contributed by atoms with Gasteiger partial charge in [-0.2, -0.15) is 0 Å². The van der Waals surface area contributed by atoms with Crippen LogP contribution in [0.4, 0.5) is 16.6 Å². The fraction of sp³-hybridized carbons (Fsp3) is 0.105. The smallest absolute Gasteiger partial charge is 0.182 e. The van der Waals surface area contributed by atoms with Crippen molar-refractivity contribution < 1.29 is 16.8 Å². The number of rotatable bonds is 5. The molecule has 0 spiro atoms. The van der Waals surface area contributed by atoms with Gasteiger partial charge in [0.2, 0.25) is 0 Å². The molecule has 0 aliphatic carbocycles. The minimum atomic E-state index is -3.51. The van der Waals surface area contributed by atoms with Crippen molar-refractivity contribution in [2.45, 2.75) is 9.79 Å². The summed E-state index contributed by atoms with van der Waals surface area (Å²) in [6, 6.07) is 12.6. The van der Waals surface area contributed by atoms with Crippen molar-refractivity contribution in [1.82, 2.24) is 15.0 Å². The standard InChI is InChI=1S/C19H17N5O4S3/c1-30(25,26)12-9-7-11(8-10-12)21-17-15-18(29-19(20)22-15)24-16(23-17)13-5-3-4-6-14(13)31(2,27)28/h3-10H,1-2H3,(H2,20,22)(H,21,23,24). The molecule has 0 aliphatic rings. The van der Waals surface area contributed by atoms with Gasteiger partial charge < -0.3 is 11.1 Å². The van der Waals surface area contributed by atoms with Gasteiger partial charge in [0.1, 0.15) is 5.52 Å². The zero-order chi connectivity index (χ0) is 22.4. The molecule has 2 heterocycles. The second-order valence-corrected chi connectivity index (χ2v) is 11.8. The van der Waals surface area contributed by atoms with Gasteiger partial charge in [-0.05, 0) is 36.4 Å². The van der Waals surface area contributed by atoms with Crippen molar-refractivity contribution in [2.75, 3.05) is 23.6 Å². The number of nitrogens with two attached hydrogens (primary N) is 1. The number of hydrogen-bond acceptors (Lipinski definition) is 10. The van der Waals surface area contributed by atoms with Crippen LogP contribution < -0.4 is 11.1 Å². The minimum Gasteiger partial charge on any atom is -0.375 e. The van der Waals surface area contributed by atoms with Crippen LogP contribution in [0, 0.1) is 0 Å². The Kier molecular flexibility index (Phi) is 5.15. The Labute approximate surface area is 182 Å². The van der Waals surface area contributed by atoms with Gasteiger partial charge in [0.25, 0.3) is 0 Å². The van der Waals surface area contributed by atoms with Crippen LogP contribution in [0.3, 0.4) is 0 Å². The fourth-order valence-electron chi connectivity index (χ4n) is 2.94. The number of fused-ring (bicyclic) bond motifs is 1. The number of benzene rings is 2. The number of nitrogens with one attached hydrogen (secondary N) is 1. The highest BCUT2D eigenvalue weighted by Gasteiger charge is 2.19. The second kappa shape index (κ2) is 7.55. The lowest BCUT2D eigenvalue weighted by Crippen LogP contribution is -2.04. The highest BCUT2D eigenvalue weighted by molar-refractivity contribution is 7.91. The van der Waals surface area contributed by atoms with E-state index in [0.29, 0.717) is 27.4 Å². The largest absolute Gasteiger partial charge is 0.375 e. The summed E-state index contributed by atoms with van der Waals surface area (Å²) in [5.41, 5.74) is 7.21. The van der Waals surface area contributed by atoms with Crippen molar-refractivity contribution in [3.8, 4) is 11.4 Å². The Morgan fingerprint density at radius 3 is 2.19 bits per heavy atom. The number of aromatic nitrogens is 3. The van der Waals surface area contributed by atoms with E-state index in [-0.39, 0.29) is 20.7 Å². The van der Waals surface area contributed by atoms with Crippen molar-refractivity contribution in [3.63, 3.8) is 0 Å². The third-order valence-electron chi connectivity index (χ3n) is 4.35. The van der Waals surface area contributed by atoms with E-state index in [1.54, 1.807) is 30.3 Å². The summed E-state index contributed by atoms with van der Waals surface area (Å²) < 4.78 is 47.8. The summed E-state index contributed by atoms with van der Waals surface area (Å²) in [5, 5.41) is 3.39. The maximum absolute atomic E-state index is 12.2. The molecule has 0 saturated carbocycles. The van der Waals surface area contributed by atoms with Crippen molar-refractivity contribution >= 4 is 58.0 Å². The molecule has 0 amide bonds. The monoisotopic (exact) mass is 475 g/mol. The average molecular weight is 476 g/mol. The van der Waals surface area contributed by atoms with Crippen molar-refractivity contribution in [1.29, 1.82) is 0 Å². The topological polar surface area (TPSA) is 145 Å².